The van der Waals surface area contributed by atoms with Crippen molar-refractivity contribution in [2.45, 2.75) is 153 Å². The van der Waals surface area contributed by atoms with Crippen LogP contribution in [0.3, 0.4) is 0 Å². The predicted molar refractivity (Wildman–Crippen MR) is 153 cm³/mol. The molecule has 0 heterocycles. The molecule has 220 valence electrons. The highest BCUT2D eigenvalue weighted by atomic mass is 32.2. The van der Waals surface area contributed by atoms with Gasteiger partial charge in [-0.25, -0.2) is 4.79 Å². The fraction of sp³-hybridized carbons (Fsp3) is 0.964. The molecule has 0 saturated carbocycles. The van der Waals surface area contributed by atoms with Gasteiger partial charge in [-0.3, -0.25) is 8.77 Å². The van der Waals surface area contributed by atoms with Gasteiger partial charge in [-0.2, -0.15) is 0 Å². The number of ether oxygens (including phenoxy) is 2. The Morgan fingerprint density at radius 1 is 0.811 bits per heavy atom. The molecule has 0 aliphatic heterocycles. The van der Waals surface area contributed by atoms with Crippen LogP contribution in [0.5, 0.6) is 0 Å². The number of hydrogen-bond donors (Lipinski definition) is 2. The van der Waals surface area contributed by atoms with E-state index in [2.05, 4.69) is 13.8 Å². The number of carbonyl (C=O) groups is 1. The summed E-state index contributed by atoms with van der Waals surface area (Å²) < 4.78 is 35.3. The number of carboxylic acids is 1. The lowest BCUT2D eigenvalue weighted by Gasteiger charge is -2.23. The van der Waals surface area contributed by atoms with E-state index in [1.54, 1.807) is 0 Å². The minimum atomic E-state index is -2.48. The van der Waals surface area contributed by atoms with E-state index in [-0.39, 0.29) is 5.25 Å². The molecule has 0 aliphatic carbocycles. The first kappa shape index (κ1) is 36.6. The van der Waals surface area contributed by atoms with Crippen molar-refractivity contribution in [1.29, 1.82) is 0 Å². The molecule has 0 amide bonds. The normalized spacial score (nSPS) is 15.9. The van der Waals surface area contributed by atoms with Crippen LogP contribution in [0.4, 0.5) is 0 Å². The molecule has 0 saturated heterocycles. The topological polar surface area (TPSA) is 110 Å². The second-order valence-corrected chi connectivity index (χ2v) is 12.9. The van der Waals surface area contributed by atoms with E-state index < -0.39 is 43.5 Å². The molecule has 0 aliphatic rings. The second-order valence-electron chi connectivity index (χ2n) is 10.1. The monoisotopic (exact) mass is 566 g/mol. The third-order valence-corrected chi connectivity index (χ3v) is 9.27. The van der Waals surface area contributed by atoms with Crippen molar-refractivity contribution in [3.63, 3.8) is 0 Å². The summed E-state index contributed by atoms with van der Waals surface area (Å²) in [6.45, 7) is 6.00. The van der Waals surface area contributed by atoms with Crippen molar-refractivity contribution in [2.75, 3.05) is 19.0 Å². The maximum Gasteiger partial charge on any atom is 0.350 e. The van der Waals surface area contributed by atoms with Gasteiger partial charge >= 0.3 is 5.97 Å². The van der Waals surface area contributed by atoms with E-state index in [4.69, 9.17) is 14.6 Å². The molecular formula is C28H55O7PS. The minimum Gasteiger partial charge on any atom is -0.478 e. The van der Waals surface area contributed by atoms with Gasteiger partial charge in [0.2, 0.25) is 8.46 Å². The smallest absolute Gasteiger partial charge is 0.350 e. The molecule has 0 spiro atoms. The Morgan fingerprint density at radius 3 is 1.81 bits per heavy atom. The molecule has 0 radical (unpaired) electrons. The van der Waals surface area contributed by atoms with Crippen LogP contribution in [-0.4, -0.2) is 56.2 Å². The lowest BCUT2D eigenvalue weighted by Crippen LogP contribution is -2.39. The largest absolute Gasteiger partial charge is 0.478 e. The van der Waals surface area contributed by atoms with E-state index in [0.29, 0.717) is 19.4 Å². The van der Waals surface area contributed by atoms with Gasteiger partial charge in [0.25, 0.3) is 5.34 Å². The van der Waals surface area contributed by atoms with Crippen LogP contribution in [-0.2, 0) is 29.6 Å². The Morgan fingerprint density at radius 2 is 1.32 bits per heavy atom. The van der Waals surface area contributed by atoms with Crippen LogP contribution in [0, 0.1) is 0 Å². The highest BCUT2D eigenvalue weighted by Crippen LogP contribution is 2.22. The zero-order chi connectivity index (χ0) is 27.8. The minimum absolute atomic E-state index is 0.0776. The molecular weight excluding hydrogens is 511 g/mol. The molecule has 0 fully saturated rings. The summed E-state index contributed by atoms with van der Waals surface area (Å²) in [6, 6.07) is 0. The molecule has 37 heavy (non-hydrogen) atoms. The van der Waals surface area contributed by atoms with Gasteiger partial charge < -0.3 is 19.7 Å². The summed E-state index contributed by atoms with van der Waals surface area (Å²) in [7, 11) is -1.83. The van der Waals surface area contributed by atoms with Gasteiger partial charge in [-0.1, -0.05) is 111 Å². The lowest BCUT2D eigenvalue weighted by atomic mass is 10.1. The molecule has 0 aromatic carbocycles. The van der Waals surface area contributed by atoms with Crippen molar-refractivity contribution in [1.82, 2.24) is 0 Å². The Kier molecular flexibility index (Phi) is 24.4. The number of aliphatic carboxylic acids is 1. The van der Waals surface area contributed by atoms with Crippen LogP contribution in [0.2, 0.25) is 0 Å². The summed E-state index contributed by atoms with van der Waals surface area (Å²) in [4.78, 5) is 11.1. The molecule has 0 rings (SSSR count). The number of carboxylic acid groups (broad SMARTS) is 1. The van der Waals surface area contributed by atoms with Gasteiger partial charge in [0.05, 0.1) is 6.61 Å². The average Bonchev–Trinajstić information content (AvgIpc) is 2.89. The molecule has 4 unspecified atom stereocenters. The van der Waals surface area contributed by atoms with Crippen LogP contribution in [0.1, 0.15) is 136 Å². The summed E-state index contributed by atoms with van der Waals surface area (Å²) in [5.41, 5.74) is 0. The Balaban J connectivity index is 4.53. The van der Waals surface area contributed by atoms with Crippen molar-refractivity contribution >= 4 is 25.2 Å². The quantitative estimate of drug-likeness (QED) is 0.0570. The second kappa shape index (κ2) is 24.6. The zero-order valence-electron chi connectivity index (χ0n) is 23.8. The van der Waals surface area contributed by atoms with Gasteiger partial charge in [0.1, 0.15) is 6.61 Å². The standard InChI is InChI=1S/C28H55O7PS/c1-4-7-9-11-13-14-15-17-19-23-37(33)25(20-18-16-12-10-8-5-2)21-22-34-26(6-3)35-24-28(31,36-32)27(29)30/h25-26,31H,4-24H2,1-3H3,(H,29,30). The first-order chi connectivity index (χ1) is 17.8. The number of rotatable bonds is 28. The number of aliphatic hydroxyl groups is 1. The SMILES string of the molecule is CCCCCCCCCCCS(=O)C(CCCCCCCC)CCOC(CC)OCC(O)(P=O)C(=O)O. The van der Waals surface area contributed by atoms with E-state index in [0.717, 1.165) is 37.9 Å². The van der Waals surface area contributed by atoms with Gasteiger partial charge in [-0.15, -0.1) is 0 Å². The van der Waals surface area contributed by atoms with Gasteiger partial charge in [0, 0.05) is 21.8 Å². The van der Waals surface area contributed by atoms with E-state index in [1.807, 2.05) is 6.92 Å². The first-order valence-electron chi connectivity index (χ1n) is 14.7. The maximum atomic E-state index is 13.1. The highest BCUT2D eigenvalue weighted by molar-refractivity contribution is 7.85. The molecule has 9 heteroatoms. The Hall–Kier alpha value is -0.400. The van der Waals surface area contributed by atoms with Gasteiger partial charge in [0.15, 0.2) is 6.29 Å². The predicted octanol–water partition coefficient (Wildman–Crippen LogP) is 7.61. The third kappa shape index (κ3) is 19.3. The fourth-order valence-corrected chi connectivity index (χ4v) is 6.05. The summed E-state index contributed by atoms with van der Waals surface area (Å²) in [5.74, 6) is -0.872. The lowest BCUT2D eigenvalue weighted by molar-refractivity contribution is -0.178. The highest BCUT2D eigenvalue weighted by Gasteiger charge is 2.38. The van der Waals surface area contributed by atoms with E-state index in [9.17, 15) is 18.7 Å². The van der Waals surface area contributed by atoms with Crippen LogP contribution in [0.15, 0.2) is 0 Å². The van der Waals surface area contributed by atoms with E-state index in [1.165, 1.54) is 70.6 Å². The van der Waals surface area contributed by atoms with E-state index >= 15 is 0 Å². The van der Waals surface area contributed by atoms with Gasteiger partial charge in [-0.05, 0) is 25.7 Å². The maximum absolute atomic E-state index is 13.1. The fourth-order valence-electron chi connectivity index (χ4n) is 4.23. The molecule has 4 atom stereocenters. The number of unbranched alkanes of at least 4 members (excludes halogenated alkanes) is 13. The molecule has 0 aromatic rings. The molecule has 0 bridgehead atoms. The Labute approximate surface area is 230 Å². The number of hydrogen-bond acceptors (Lipinski definition) is 6. The third-order valence-electron chi connectivity index (χ3n) is 6.74. The first-order valence-corrected chi connectivity index (χ1v) is 16.9. The van der Waals surface area contributed by atoms with Crippen LogP contribution >= 0.6 is 8.46 Å². The molecule has 0 aromatic heterocycles. The molecule has 7 nitrogen and oxygen atoms in total. The van der Waals surface area contributed by atoms with Crippen molar-refractivity contribution in [3.8, 4) is 0 Å². The van der Waals surface area contributed by atoms with Crippen molar-refractivity contribution < 1.29 is 33.3 Å². The Bertz CT molecular complexity index is 593. The van der Waals surface area contributed by atoms with Crippen molar-refractivity contribution in [3.05, 3.63) is 0 Å². The van der Waals surface area contributed by atoms with Crippen molar-refractivity contribution in [2.24, 2.45) is 0 Å². The molecule has 2 N–H and O–H groups in total. The van der Waals surface area contributed by atoms with Crippen LogP contribution in [0.25, 0.3) is 0 Å². The summed E-state index contributed by atoms with van der Waals surface area (Å²) in [6.07, 6.45) is 19.7. The zero-order valence-corrected chi connectivity index (χ0v) is 25.5. The summed E-state index contributed by atoms with van der Waals surface area (Å²) in [5, 5.41) is 16.5. The summed E-state index contributed by atoms with van der Waals surface area (Å²) >= 11 is 0. The average molecular weight is 567 g/mol. The van der Waals surface area contributed by atoms with Crippen LogP contribution < -0.4 is 0 Å².